The normalized spacial score (nSPS) is 13.7. The maximum absolute atomic E-state index is 11.8. The van der Waals surface area contributed by atoms with Crippen molar-refractivity contribution < 1.29 is 24.8 Å². The number of allylic oxidation sites excluding steroid dienone is 4. The molecule has 0 saturated heterocycles. The molecule has 1 aliphatic heterocycles. The van der Waals surface area contributed by atoms with Crippen LogP contribution in [0.25, 0.3) is 22.6 Å². The maximum Gasteiger partial charge on any atom is 0.186 e. The Labute approximate surface area is 147 Å². The maximum atomic E-state index is 11.8. The van der Waals surface area contributed by atoms with Gasteiger partial charge in [0.15, 0.2) is 28.4 Å². The molecule has 0 amide bonds. The first-order valence-corrected chi connectivity index (χ1v) is 7.85. The third-order valence-corrected chi connectivity index (χ3v) is 4.33. The summed E-state index contributed by atoms with van der Waals surface area (Å²) in [4.78, 5) is 11.8. The lowest BCUT2D eigenvalue weighted by Crippen LogP contribution is -2.04. The molecule has 1 heterocycles. The van der Waals surface area contributed by atoms with Gasteiger partial charge in [0.05, 0.1) is 5.56 Å². The Morgan fingerprint density at radius 2 is 1.58 bits per heavy atom. The number of fused-ring (bicyclic) bond motifs is 1. The van der Waals surface area contributed by atoms with E-state index in [1.54, 1.807) is 0 Å². The first-order chi connectivity index (χ1) is 12.5. The van der Waals surface area contributed by atoms with Crippen LogP contribution in [0.1, 0.15) is 11.5 Å². The summed E-state index contributed by atoms with van der Waals surface area (Å²) in [6, 6.07) is 6.26. The Morgan fingerprint density at radius 3 is 2.27 bits per heavy atom. The SMILES string of the molecule is O=c1cc2oc(-c3ccc(O)c(O)c3)c(O)c(C3C=CC=C3)c-2c(O)c1. The first-order valence-electron chi connectivity index (χ1n) is 7.85. The van der Waals surface area contributed by atoms with Crippen LogP contribution in [0.3, 0.4) is 0 Å². The summed E-state index contributed by atoms with van der Waals surface area (Å²) in [5.74, 6) is -1.38. The first kappa shape index (κ1) is 15.8. The van der Waals surface area contributed by atoms with Gasteiger partial charge >= 0.3 is 0 Å². The Hall–Kier alpha value is -3.67. The molecule has 0 radical (unpaired) electrons. The van der Waals surface area contributed by atoms with Crippen molar-refractivity contribution in [3.8, 4) is 45.6 Å². The fourth-order valence-electron chi connectivity index (χ4n) is 3.14. The second kappa shape index (κ2) is 5.70. The summed E-state index contributed by atoms with van der Waals surface area (Å²) in [5.41, 5.74) is 0.501. The molecule has 0 saturated carbocycles. The summed E-state index contributed by atoms with van der Waals surface area (Å²) in [6.45, 7) is 0. The minimum atomic E-state index is -0.438. The molecule has 0 bridgehead atoms. The minimum Gasteiger partial charge on any atom is -0.507 e. The highest BCUT2D eigenvalue weighted by molar-refractivity contribution is 5.81. The van der Waals surface area contributed by atoms with Crippen molar-refractivity contribution >= 4 is 0 Å². The highest BCUT2D eigenvalue weighted by atomic mass is 16.4. The fourth-order valence-corrected chi connectivity index (χ4v) is 3.14. The molecule has 0 atom stereocenters. The van der Waals surface area contributed by atoms with E-state index < -0.39 is 5.43 Å². The quantitative estimate of drug-likeness (QED) is 0.527. The lowest BCUT2D eigenvalue weighted by Gasteiger charge is -2.20. The van der Waals surface area contributed by atoms with Crippen LogP contribution in [0.5, 0.6) is 23.0 Å². The van der Waals surface area contributed by atoms with Crippen LogP contribution in [0, 0.1) is 0 Å². The van der Waals surface area contributed by atoms with Gasteiger partial charge < -0.3 is 24.8 Å². The van der Waals surface area contributed by atoms with E-state index in [4.69, 9.17) is 4.42 Å². The lowest BCUT2D eigenvalue weighted by molar-refractivity contribution is 0.403. The van der Waals surface area contributed by atoms with Gasteiger partial charge in [0.2, 0.25) is 0 Å². The van der Waals surface area contributed by atoms with Gasteiger partial charge in [-0.25, -0.2) is 0 Å². The molecule has 6 nitrogen and oxygen atoms in total. The molecule has 26 heavy (non-hydrogen) atoms. The molecule has 4 rings (SSSR count). The van der Waals surface area contributed by atoms with Gasteiger partial charge in [-0.3, -0.25) is 4.79 Å². The van der Waals surface area contributed by atoms with Crippen LogP contribution in [0.15, 0.2) is 63.8 Å². The van der Waals surface area contributed by atoms with Crippen molar-refractivity contribution in [2.45, 2.75) is 5.92 Å². The highest BCUT2D eigenvalue weighted by Gasteiger charge is 2.28. The predicted molar refractivity (Wildman–Crippen MR) is 94.7 cm³/mol. The highest BCUT2D eigenvalue weighted by Crippen LogP contribution is 2.49. The van der Waals surface area contributed by atoms with E-state index in [0.717, 1.165) is 6.07 Å². The molecule has 3 aliphatic rings. The third-order valence-electron chi connectivity index (χ3n) is 4.33. The monoisotopic (exact) mass is 350 g/mol. The number of phenols is 3. The second-order valence-corrected chi connectivity index (χ2v) is 6.01. The summed E-state index contributed by atoms with van der Waals surface area (Å²) in [6.07, 6.45) is 7.28. The van der Waals surface area contributed by atoms with Crippen LogP contribution < -0.4 is 5.43 Å². The van der Waals surface area contributed by atoms with Crippen molar-refractivity contribution in [2.24, 2.45) is 0 Å². The number of hydrogen-bond donors (Lipinski definition) is 4. The van der Waals surface area contributed by atoms with Crippen molar-refractivity contribution in [1.82, 2.24) is 0 Å². The van der Waals surface area contributed by atoms with Gasteiger partial charge in [0.1, 0.15) is 11.5 Å². The number of benzene rings is 2. The number of rotatable bonds is 2. The van der Waals surface area contributed by atoms with Gasteiger partial charge in [-0.2, -0.15) is 0 Å². The number of aromatic hydroxyl groups is 4. The Morgan fingerprint density at radius 1 is 0.846 bits per heavy atom. The predicted octanol–water partition coefficient (Wildman–Crippen LogP) is 3.44. The molecule has 2 aliphatic carbocycles. The molecule has 1 aromatic rings. The Kier molecular flexibility index (Phi) is 3.47. The molecule has 130 valence electrons. The van der Waals surface area contributed by atoms with Crippen molar-refractivity contribution in [2.75, 3.05) is 0 Å². The largest absolute Gasteiger partial charge is 0.507 e. The van der Waals surface area contributed by atoms with E-state index in [0.29, 0.717) is 11.1 Å². The molecule has 0 fully saturated rings. The van der Waals surface area contributed by atoms with Crippen LogP contribution in [0.2, 0.25) is 0 Å². The summed E-state index contributed by atoms with van der Waals surface area (Å²) in [7, 11) is 0. The molecule has 6 heteroatoms. The fraction of sp³-hybridized carbons (Fsp3) is 0.0500. The van der Waals surface area contributed by atoms with Crippen LogP contribution >= 0.6 is 0 Å². The zero-order valence-corrected chi connectivity index (χ0v) is 13.4. The zero-order valence-electron chi connectivity index (χ0n) is 13.4. The Balaban J connectivity index is 2.08. The van der Waals surface area contributed by atoms with Crippen LogP contribution in [-0.4, -0.2) is 20.4 Å². The molecule has 4 N–H and O–H groups in total. The van der Waals surface area contributed by atoms with Crippen LogP contribution in [0.4, 0.5) is 0 Å². The minimum absolute atomic E-state index is 0.0153. The van der Waals surface area contributed by atoms with E-state index in [-0.39, 0.29) is 46.0 Å². The van der Waals surface area contributed by atoms with E-state index >= 15 is 0 Å². The van der Waals surface area contributed by atoms with E-state index in [1.165, 1.54) is 24.3 Å². The van der Waals surface area contributed by atoms with E-state index in [9.17, 15) is 25.2 Å². The van der Waals surface area contributed by atoms with Gasteiger partial charge in [0, 0.05) is 29.2 Å². The van der Waals surface area contributed by atoms with E-state index in [1.807, 2.05) is 24.3 Å². The van der Waals surface area contributed by atoms with E-state index in [2.05, 4.69) is 0 Å². The zero-order chi connectivity index (χ0) is 18.4. The average Bonchev–Trinajstić information content (AvgIpc) is 3.11. The lowest BCUT2D eigenvalue weighted by atomic mass is 9.90. The molecule has 0 unspecified atom stereocenters. The topological polar surface area (TPSA) is 111 Å². The Bertz CT molecular complexity index is 1090. The van der Waals surface area contributed by atoms with Crippen molar-refractivity contribution in [3.05, 3.63) is 70.4 Å². The van der Waals surface area contributed by atoms with Gasteiger partial charge in [0.25, 0.3) is 0 Å². The van der Waals surface area contributed by atoms with Crippen molar-refractivity contribution in [1.29, 1.82) is 0 Å². The number of phenolic OH excluding ortho intramolecular Hbond substituents is 3. The molecule has 0 aromatic heterocycles. The molecular weight excluding hydrogens is 336 g/mol. The summed E-state index contributed by atoms with van der Waals surface area (Å²) in [5, 5.41) is 40.4. The van der Waals surface area contributed by atoms with Gasteiger partial charge in [-0.05, 0) is 18.2 Å². The van der Waals surface area contributed by atoms with Crippen molar-refractivity contribution in [3.63, 3.8) is 0 Å². The van der Waals surface area contributed by atoms with Crippen LogP contribution in [-0.2, 0) is 0 Å². The summed E-state index contributed by atoms with van der Waals surface area (Å²) >= 11 is 0. The third kappa shape index (κ3) is 2.39. The summed E-state index contributed by atoms with van der Waals surface area (Å²) < 4.78 is 5.68. The van der Waals surface area contributed by atoms with Gasteiger partial charge in [-0.1, -0.05) is 24.3 Å². The molecule has 0 spiro atoms. The van der Waals surface area contributed by atoms with Gasteiger partial charge in [-0.15, -0.1) is 0 Å². The average molecular weight is 350 g/mol. The second-order valence-electron chi connectivity index (χ2n) is 6.01. The smallest absolute Gasteiger partial charge is 0.186 e. The molecular formula is C20H14O6. The number of hydrogen-bond acceptors (Lipinski definition) is 6. The molecule has 1 aromatic carbocycles. The standard InChI is InChI=1S/C20H14O6/c21-12-8-15(24)18-16(9-12)26-20(11-5-6-13(22)14(23)7-11)19(25)17(18)10-3-1-2-4-10/h1-10,22-25H.